The first-order valence-electron chi connectivity index (χ1n) is 8.90. The summed E-state index contributed by atoms with van der Waals surface area (Å²) in [5.74, 6) is 1.71. The lowest BCUT2D eigenvalue weighted by atomic mass is 10.0. The van der Waals surface area contributed by atoms with E-state index in [1.807, 2.05) is 0 Å². The Labute approximate surface area is 139 Å². The maximum atomic E-state index is 11.1. The normalized spacial score (nSPS) is 20.5. The SMILES string of the molecule is CCOc1cc2c(cc1CN1CC[C@@H](CNC(C)=O)C1)CCC2. The summed E-state index contributed by atoms with van der Waals surface area (Å²) in [7, 11) is 0. The van der Waals surface area contributed by atoms with E-state index in [4.69, 9.17) is 4.74 Å². The van der Waals surface area contributed by atoms with Gasteiger partial charge in [-0.2, -0.15) is 0 Å². The van der Waals surface area contributed by atoms with Crippen molar-refractivity contribution in [3.63, 3.8) is 0 Å². The molecule has 4 nitrogen and oxygen atoms in total. The van der Waals surface area contributed by atoms with Crippen LogP contribution in [-0.2, 0) is 24.2 Å². The first-order valence-corrected chi connectivity index (χ1v) is 8.90. The number of benzene rings is 1. The van der Waals surface area contributed by atoms with Crippen LogP contribution >= 0.6 is 0 Å². The van der Waals surface area contributed by atoms with E-state index < -0.39 is 0 Å². The highest BCUT2D eigenvalue weighted by atomic mass is 16.5. The number of fused-ring (bicyclic) bond motifs is 1. The van der Waals surface area contributed by atoms with Gasteiger partial charge < -0.3 is 10.1 Å². The topological polar surface area (TPSA) is 41.6 Å². The van der Waals surface area contributed by atoms with E-state index in [1.54, 1.807) is 6.92 Å². The van der Waals surface area contributed by atoms with Crippen LogP contribution in [0.15, 0.2) is 12.1 Å². The third-order valence-corrected chi connectivity index (χ3v) is 4.98. The quantitative estimate of drug-likeness (QED) is 0.877. The van der Waals surface area contributed by atoms with Gasteiger partial charge in [0, 0.05) is 32.1 Å². The molecule has 0 radical (unpaired) electrons. The maximum absolute atomic E-state index is 11.1. The molecule has 1 aromatic rings. The van der Waals surface area contributed by atoms with Crippen LogP contribution in [0.25, 0.3) is 0 Å². The molecule has 1 amide bonds. The summed E-state index contributed by atoms with van der Waals surface area (Å²) in [5.41, 5.74) is 4.31. The van der Waals surface area contributed by atoms with Gasteiger partial charge in [0.25, 0.3) is 0 Å². The molecule has 0 bridgehead atoms. The molecule has 0 saturated carbocycles. The van der Waals surface area contributed by atoms with E-state index in [0.717, 1.165) is 45.0 Å². The number of hydrogen-bond donors (Lipinski definition) is 1. The molecule has 1 heterocycles. The molecule has 0 unspecified atom stereocenters. The smallest absolute Gasteiger partial charge is 0.216 e. The first-order chi connectivity index (χ1) is 11.2. The van der Waals surface area contributed by atoms with Crippen molar-refractivity contribution in [2.24, 2.45) is 5.92 Å². The standard InChI is InChI=1S/C19H28N2O2/c1-3-23-19-10-17-6-4-5-16(17)9-18(19)13-21-8-7-15(12-21)11-20-14(2)22/h9-10,15H,3-8,11-13H2,1-2H3,(H,20,22)/t15-/m0/s1. The molecule has 1 aliphatic carbocycles. The minimum absolute atomic E-state index is 0.0701. The minimum atomic E-state index is 0.0701. The summed E-state index contributed by atoms with van der Waals surface area (Å²) in [4.78, 5) is 13.5. The molecule has 0 spiro atoms. The van der Waals surface area contributed by atoms with Crippen molar-refractivity contribution in [1.82, 2.24) is 10.2 Å². The third kappa shape index (κ3) is 4.05. The van der Waals surface area contributed by atoms with E-state index in [9.17, 15) is 4.79 Å². The lowest BCUT2D eigenvalue weighted by molar-refractivity contribution is -0.119. The van der Waals surface area contributed by atoms with Crippen LogP contribution in [-0.4, -0.2) is 37.0 Å². The van der Waals surface area contributed by atoms with Gasteiger partial charge in [-0.25, -0.2) is 0 Å². The number of nitrogens with zero attached hydrogens (tertiary/aromatic N) is 1. The van der Waals surface area contributed by atoms with Gasteiger partial charge in [0.05, 0.1) is 6.61 Å². The number of hydrogen-bond acceptors (Lipinski definition) is 3. The molecular weight excluding hydrogens is 288 g/mol. The highest BCUT2D eigenvalue weighted by Crippen LogP contribution is 2.31. The van der Waals surface area contributed by atoms with Crippen molar-refractivity contribution >= 4 is 5.91 Å². The first kappa shape index (κ1) is 16.3. The van der Waals surface area contributed by atoms with Crippen LogP contribution in [0.5, 0.6) is 5.75 Å². The number of aryl methyl sites for hydroxylation is 2. The summed E-state index contributed by atoms with van der Waals surface area (Å²) < 4.78 is 5.89. The number of rotatable bonds is 6. The predicted molar refractivity (Wildman–Crippen MR) is 91.7 cm³/mol. The van der Waals surface area contributed by atoms with Crippen molar-refractivity contribution in [3.8, 4) is 5.75 Å². The fraction of sp³-hybridized carbons (Fsp3) is 0.632. The number of amides is 1. The second kappa shape index (κ2) is 7.35. The average molecular weight is 316 g/mol. The van der Waals surface area contributed by atoms with E-state index >= 15 is 0 Å². The monoisotopic (exact) mass is 316 g/mol. The zero-order chi connectivity index (χ0) is 16.2. The molecule has 1 fully saturated rings. The van der Waals surface area contributed by atoms with Gasteiger partial charge >= 0.3 is 0 Å². The van der Waals surface area contributed by atoms with Crippen molar-refractivity contribution in [1.29, 1.82) is 0 Å². The third-order valence-electron chi connectivity index (χ3n) is 4.98. The van der Waals surface area contributed by atoms with E-state index in [-0.39, 0.29) is 5.91 Å². The minimum Gasteiger partial charge on any atom is -0.494 e. The second-order valence-electron chi connectivity index (χ2n) is 6.84. The Bertz CT molecular complexity index is 571. The molecule has 1 aromatic carbocycles. The largest absolute Gasteiger partial charge is 0.494 e. The van der Waals surface area contributed by atoms with Gasteiger partial charge in [-0.15, -0.1) is 0 Å². The molecular formula is C19H28N2O2. The fourth-order valence-electron chi connectivity index (χ4n) is 3.82. The average Bonchev–Trinajstić information content (AvgIpc) is 3.14. The Kier molecular flexibility index (Phi) is 5.21. The van der Waals surface area contributed by atoms with Crippen LogP contribution in [0.4, 0.5) is 0 Å². The molecule has 2 aliphatic rings. The molecule has 1 N–H and O–H groups in total. The Morgan fingerprint density at radius 3 is 2.87 bits per heavy atom. The van der Waals surface area contributed by atoms with Gasteiger partial charge in [0.2, 0.25) is 5.91 Å². The second-order valence-corrected chi connectivity index (χ2v) is 6.84. The van der Waals surface area contributed by atoms with E-state index in [2.05, 4.69) is 29.3 Å². The molecule has 23 heavy (non-hydrogen) atoms. The molecule has 1 saturated heterocycles. The van der Waals surface area contributed by atoms with Crippen molar-refractivity contribution < 1.29 is 9.53 Å². The summed E-state index contributed by atoms with van der Waals surface area (Å²) in [6, 6.07) is 4.64. The lowest BCUT2D eigenvalue weighted by Crippen LogP contribution is -2.29. The molecule has 1 atom stereocenters. The number of carbonyl (C=O) groups excluding carboxylic acids is 1. The summed E-state index contributed by atoms with van der Waals surface area (Å²) >= 11 is 0. The molecule has 1 aliphatic heterocycles. The van der Waals surface area contributed by atoms with Crippen LogP contribution in [0.1, 0.15) is 43.4 Å². The van der Waals surface area contributed by atoms with Gasteiger partial charge in [-0.05, 0) is 62.3 Å². The fourth-order valence-corrected chi connectivity index (χ4v) is 3.82. The Hall–Kier alpha value is -1.55. The molecule has 3 rings (SSSR count). The van der Waals surface area contributed by atoms with Crippen molar-refractivity contribution in [3.05, 3.63) is 28.8 Å². The number of carbonyl (C=O) groups is 1. The Balaban J connectivity index is 1.64. The zero-order valence-electron chi connectivity index (χ0n) is 14.4. The van der Waals surface area contributed by atoms with Gasteiger partial charge in [0.1, 0.15) is 5.75 Å². The molecule has 126 valence electrons. The van der Waals surface area contributed by atoms with Crippen molar-refractivity contribution in [2.45, 2.75) is 46.1 Å². The number of likely N-dealkylation sites (tertiary alicyclic amines) is 1. The summed E-state index contributed by atoms with van der Waals surface area (Å²) in [6.07, 6.45) is 4.83. The van der Waals surface area contributed by atoms with Gasteiger partial charge in [0.15, 0.2) is 0 Å². The maximum Gasteiger partial charge on any atom is 0.216 e. The number of nitrogens with one attached hydrogen (secondary N) is 1. The molecule has 0 aromatic heterocycles. The molecule has 4 heteroatoms. The van der Waals surface area contributed by atoms with Crippen LogP contribution in [0, 0.1) is 5.92 Å². The van der Waals surface area contributed by atoms with E-state index in [0.29, 0.717) is 5.92 Å². The summed E-state index contributed by atoms with van der Waals surface area (Å²) in [5, 5.41) is 2.95. The highest BCUT2D eigenvalue weighted by molar-refractivity contribution is 5.72. The van der Waals surface area contributed by atoms with E-state index in [1.165, 1.54) is 36.0 Å². The summed E-state index contributed by atoms with van der Waals surface area (Å²) in [6.45, 7) is 8.28. The highest BCUT2D eigenvalue weighted by Gasteiger charge is 2.24. The van der Waals surface area contributed by atoms with Crippen LogP contribution < -0.4 is 10.1 Å². The van der Waals surface area contributed by atoms with Gasteiger partial charge in [-0.3, -0.25) is 9.69 Å². The predicted octanol–water partition coefficient (Wildman–Crippen LogP) is 2.53. The lowest BCUT2D eigenvalue weighted by Gasteiger charge is -2.20. The van der Waals surface area contributed by atoms with Crippen LogP contribution in [0.3, 0.4) is 0 Å². The number of ether oxygens (including phenoxy) is 1. The van der Waals surface area contributed by atoms with Crippen molar-refractivity contribution in [2.75, 3.05) is 26.2 Å². The Morgan fingerprint density at radius 1 is 1.35 bits per heavy atom. The van der Waals surface area contributed by atoms with Crippen LogP contribution in [0.2, 0.25) is 0 Å². The Morgan fingerprint density at radius 2 is 2.13 bits per heavy atom. The van der Waals surface area contributed by atoms with Gasteiger partial charge in [-0.1, -0.05) is 6.07 Å². The zero-order valence-corrected chi connectivity index (χ0v) is 14.4.